The Balaban J connectivity index is 2.07. The van der Waals surface area contributed by atoms with E-state index in [4.69, 9.17) is 5.73 Å². The number of carbonyl (C=O) groups excluding carboxylic acids is 1. The second-order valence-electron chi connectivity index (χ2n) is 4.93. The number of nitrogens with zero attached hydrogens (tertiary/aromatic N) is 1. The average molecular weight is 235 g/mol. The summed E-state index contributed by atoms with van der Waals surface area (Å²) < 4.78 is 1.70. The Morgan fingerprint density at radius 1 is 1.18 bits per heavy atom. The van der Waals surface area contributed by atoms with Crippen LogP contribution in [0.25, 0.3) is 0 Å². The van der Waals surface area contributed by atoms with Gasteiger partial charge in [0.15, 0.2) is 0 Å². The van der Waals surface area contributed by atoms with Crippen LogP contribution < -0.4 is 11.2 Å². The molecule has 1 saturated carbocycles. The minimum Gasteiger partial charge on any atom is -0.329 e. The quantitative estimate of drug-likeness (QED) is 0.786. The first kappa shape index (κ1) is 12.2. The lowest BCUT2D eigenvalue weighted by Crippen LogP contribution is -2.44. The lowest BCUT2D eigenvalue weighted by atomic mass is 9.79. The first-order valence-corrected chi connectivity index (χ1v) is 6.41. The molecule has 1 aromatic heterocycles. The molecule has 1 aliphatic carbocycles. The summed E-state index contributed by atoms with van der Waals surface area (Å²) in [6.07, 6.45) is 10.1. The average Bonchev–Trinajstić information content (AvgIpc) is 2.72. The molecule has 0 spiro atoms. The van der Waals surface area contributed by atoms with Crippen molar-refractivity contribution in [3.63, 3.8) is 0 Å². The van der Waals surface area contributed by atoms with Crippen molar-refractivity contribution >= 4 is 5.91 Å². The van der Waals surface area contributed by atoms with E-state index in [0.29, 0.717) is 6.54 Å². The zero-order valence-electron chi connectivity index (χ0n) is 10.2. The number of rotatable bonds is 3. The third-order valence-electron chi connectivity index (χ3n) is 3.77. The van der Waals surface area contributed by atoms with Gasteiger partial charge in [-0.15, -0.1) is 0 Å². The lowest BCUT2D eigenvalue weighted by Gasteiger charge is -2.29. The van der Waals surface area contributed by atoms with E-state index in [9.17, 15) is 4.79 Å². The number of nitrogens with two attached hydrogens (primary N) is 1. The van der Waals surface area contributed by atoms with Crippen molar-refractivity contribution in [3.05, 3.63) is 24.5 Å². The summed E-state index contributed by atoms with van der Waals surface area (Å²) in [7, 11) is 0. The SMILES string of the molecule is NCC1(C(=O)Nn2cccc2)CCCCCC1. The standard InChI is InChI=1S/C13H21N3O/c14-11-13(7-3-1-2-4-8-13)12(17)15-16-9-5-6-10-16/h5-6,9-10H,1-4,7-8,11,14H2,(H,15,17). The highest BCUT2D eigenvalue weighted by atomic mass is 16.2. The van der Waals surface area contributed by atoms with Gasteiger partial charge in [-0.25, -0.2) is 0 Å². The van der Waals surface area contributed by atoms with Gasteiger partial charge in [0, 0.05) is 18.9 Å². The molecule has 1 amide bonds. The molecule has 1 aliphatic rings. The Morgan fingerprint density at radius 2 is 1.76 bits per heavy atom. The lowest BCUT2D eigenvalue weighted by molar-refractivity contribution is -0.126. The van der Waals surface area contributed by atoms with E-state index >= 15 is 0 Å². The molecule has 1 heterocycles. The van der Waals surface area contributed by atoms with Gasteiger partial charge >= 0.3 is 0 Å². The van der Waals surface area contributed by atoms with E-state index in [-0.39, 0.29) is 11.3 Å². The summed E-state index contributed by atoms with van der Waals surface area (Å²) in [5.74, 6) is 0.0677. The van der Waals surface area contributed by atoms with Crippen molar-refractivity contribution in [2.24, 2.45) is 11.1 Å². The zero-order valence-corrected chi connectivity index (χ0v) is 10.2. The maximum absolute atomic E-state index is 12.4. The maximum atomic E-state index is 12.4. The summed E-state index contributed by atoms with van der Waals surface area (Å²) in [5.41, 5.74) is 8.42. The number of hydrogen-bond acceptors (Lipinski definition) is 2. The number of aromatic nitrogens is 1. The molecule has 4 nitrogen and oxygen atoms in total. The minimum absolute atomic E-state index is 0.0677. The van der Waals surface area contributed by atoms with Gasteiger partial charge in [0.1, 0.15) is 0 Å². The normalized spacial score (nSPS) is 19.6. The summed E-state index contributed by atoms with van der Waals surface area (Å²) in [4.78, 5) is 12.4. The molecule has 17 heavy (non-hydrogen) atoms. The summed E-state index contributed by atoms with van der Waals surface area (Å²) in [5, 5.41) is 0. The second-order valence-corrected chi connectivity index (χ2v) is 4.93. The molecule has 0 aromatic carbocycles. The molecule has 0 bridgehead atoms. The molecule has 1 aromatic rings. The summed E-state index contributed by atoms with van der Waals surface area (Å²) in [6.45, 7) is 0.445. The Hall–Kier alpha value is -1.29. The van der Waals surface area contributed by atoms with E-state index in [1.165, 1.54) is 12.8 Å². The Kier molecular flexibility index (Phi) is 3.84. The van der Waals surface area contributed by atoms with Crippen LogP contribution >= 0.6 is 0 Å². The molecule has 3 N–H and O–H groups in total. The van der Waals surface area contributed by atoms with Crippen LogP contribution in [0.15, 0.2) is 24.5 Å². The first-order valence-electron chi connectivity index (χ1n) is 6.41. The van der Waals surface area contributed by atoms with Gasteiger partial charge in [0.25, 0.3) is 0 Å². The van der Waals surface area contributed by atoms with E-state index in [1.54, 1.807) is 4.68 Å². The molecule has 2 rings (SSSR count). The van der Waals surface area contributed by atoms with Crippen LogP contribution in [-0.4, -0.2) is 17.1 Å². The van der Waals surface area contributed by atoms with Crippen molar-refractivity contribution in [2.45, 2.75) is 38.5 Å². The highest BCUT2D eigenvalue weighted by Crippen LogP contribution is 2.34. The molecule has 0 unspecified atom stereocenters. The van der Waals surface area contributed by atoms with E-state index in [2.05, 4.69) is 5.43 Å². The molecule has 94 valence electrons. The molecule has 4 heteroatoms. The predicted octanol–water partition coefficient (Wildman–Crippen LogP) is 1.86. The maximum Gasteiger partial charge on any atom is 0.246 e. The number of nitrogens with one attached hydrogen (secondary N) is 1. The number of carbonyl (C=O) groups is 1. The molecule has 1 fully saturated rings. The van der Waals surface area contributed by atoms with Crippen LogP contribution in [-0.2, 0) is 4.79 Å². The molecule has 0 atom stereocenters. The Labute approximate surface area is 102 Å². The highest BCUT2D eigenvalue weighted by Gasteiger charge is 2.37. The monoisotopic (exact) mass is 235 g/mol. The van der Waals surface area contributed by atoms with Gasteiger partial charge < -0.3 is 5.73 Å². The Bertz CT molecular complexity index is 351. The smallest absolute Gasteiger partial charge is 0.246 e. The fourth-order valence-electron chi connectivity index (χ4n) is 2.57. The fourth-order valence-corrected chi connectivity index (χ4v) is 2.57. The van der Waals surface area contributed by atoms with Crippen molar-refractivity contribution in [3.8, 4) is 0 Å². The zero-order chi connectivity index (χ0) is 12.1. The van der Waals surface area contributed by atoms with Crippen LogP contribution in [0.5, 0.6) is 0 Å². The summed E-state index contributed by atoms with van der Waals surface area (Å²) >= 11 is 0. The van der Waals surface area contributed by atoms with Crippen LogP contribution in [0.2, 0.25) is 0 Å². The fraction of sp³-hybridized carbons (Fsp3) is 0.615. The third-order valence-corrected chi connectivity index (χ3v) is 3.77. The van der Waals surface area contributed by atoms with Gasteiger partial charge in [-0.2, -0.15) is 0 Å². The van der Waals surface area contributed by atoms with Crippen LogP contribution in [0, 0.1) is 5.41 Å². The Morgan fingerprint density at radius 3 is 2.29 bits per heavy atom. The minimum atomic E-state index is -0.360. The topological polar surface area (TPSA) is 60.1 Å². The van der Waals surface area contributed by atoms with Gasteiger partial charge in [-0.05, 0) is 25.0 Å². The number of amides is 1. The predicted molar refractivity (Wildman–Crippen MR) is 68.0 cm³/mol. The van der Waals surface area contributed by atoms with E-state index in [1.807, 2.05) is 24.5 Å². The van der Waals surface area contributed by atoms with Gasteiger partial charge in [-0.1, -0.05) is 25.7 Å². The summed E-state index contributed by atoms with van der Waals surface area (Å²) in [6, 6.07) is 3.78. The van der Waals surface area contributed by atoms with Crippen molar-refractivity contribution in [2.75, 3.05) is 12.0 Å². The van der Waals surface area contributed by atoms with Crippen molar-refractivity contribution < 1.29 is 4.79 Å². The van der Waals surface area contributed by atoms with Crippen molar-refractivity contribution in [1.29, 1.82) is 0 Å². The van der Waals surface area contributed by atoms with Crippen LogP contribution in [0.3, 0.4) is 0 Å². The molecule has 0 radical (unpaired) electrons. The van der Waals surface area contributed by atoms with Crippen LogP contribution in [0.4, 0.5) is 0 Å². The van der Waals surface area contributed by atoms with Gasteiger partial charge in [0.05, 0.1) is 5.41 Å². The van der Waals surface area contributed by atoms with Gasteiger partial charge in [-0.3, -0.25) is 14.9 Å². The molecule has 0 saturated heterocycles. The van der Waals surface area contributed by atoms with E-state index in [0.717, 1.165) is 25.7 Å². The largest absolute Gasteiger partial charge is 0.329 e. The number of hydrogen-bond donors (Lipinski definition) is 2. The van der Waals surface area contributed by atoms with E-state index < -0.39 is 0 Å². The first-order chi connectivity index (χ1) is 8.27. The van der Waals surface area contributed by atoms with Crippen LogP contribution in [0.1, 0.15) is 38.5 Å². The van der Waals surface area contributed by atoms with Crippen molar-refractivity contribution in [1.82, 2.24) is 4.68 Å². The highest BCUT2D eigenvalue weighted by molar-refractivity contribution is 5.89. The second kappa shape index (κ2) is 5.36. The van der Waals surface area contributed by atoms with Gasteiger partial charge in [0.2, 0.25) is 5.91 Å². The molecule has 0 aliphatic heterocycles. The molecular formula is C13H21N3O. The third kappa shape index (κ3) is 2.69. The molecular weight excluding hydrogens is 214 g/mol.